The molecule has 0 radical (unpaired) electrons. The zero-order valence-electron chi connectivity index (χ0n) is 21.5. The summed E-state index contributed by atoms with van der Waals surface area (Å²) in [6, 6.07) is 12.5. The van der Waals surface area contributed by atoms with Gasteiger partial charge in [-0.2, -0.15) is 0 Å². The third kappa shape index (κ3) is 5.12. The summed E-state index contributed by atoms with van der Waals surface area (Å²) >= 11 is 0.944. The number of methoxy groups -OCH3 is 2. The van der Waals surface area contributed by atoms with Gasteiger partial charge < -0.3 is 19.3 Å². The lowest BCUT2D eigenvalue weighted by molar-refractivity contribution is -0.132. The number of amides is 1. The highest BCUT2D eigenvalue weighted by Gasteiger charge is 2.48. The Balaban J connectivity index is 1.88. The van der Waals surface area contributed by atoms with Gasteiger partial charge in [-0.15, -0.1) is 0 Å². The van der Waals surface area contributed by atoms with Crippen LogP contribution in [-0.4, -0.2) is 48.6 Å². The van der Waals surface area contributed by atoms with Crippen LogP contribution in [0.5, 0.6) is 11.5 Å². The number of hydrogen-bond acceptors (Lipinski definition) is 9. The van der Waals surface area contributed by atoms with Gasteiger partial charge in [-0.3, -0.25) is 14.5 Å². The van der Waals surface area contributed by atoms with Crippen LogP contribution in [0.25, 0.3) is 5.76 Å². The molecule has 4 rings (SSSR count). The van der Waals surface area contributed by atoms with Gasteiger partial charge in [0.2, 0.25) is 0 Å². The number of rotatable bonds is 9. The van der Waals surface area contributed by atoms with Gasteiger partial charge in [0.15, 0.2) is 5.13 Å². The number of hydrogen-bond donors (Lipinski definition) is 1. The predicted octanol–water partition coefficient (Wildman–Crippen LogP) is 5.05. The van der Waals surface area contributed by atoms with E-state index in [2.05, 4.69) is 11.9 Å². The second-order valence-electron chi connectivity index (χ2n) is 8.57. The monoisotopic (exact) mass is 536 g/mol. The molecule has 0 aliphatic carbocycles. The molecule has 1 saturated heterocycles. The zero-order chi connectivity index (χ0) is 27.4. The van der Waals surface area contributed by atoms with E-state index in [1.165, 1.54) is 19.1 Å². The number of thiazole rings is 1. The summed E-state index contributed by atoms with van der Waals surface area (Å²) in [4.78, 5) is 44.9. The summed E-state index contributed by atoms with van der Waals surface area (Å²) in [5, 5.41) is 11.5. The highest BCUT2D eigenvalue weighted by molar-refractivity contribution is 7.17. The Morgan fingerprint density at radius 1 is 1.11 bits per heavy atom. The number of aliphatic hydroxyl groups excluding tert-OH is 1. The van der Waals surface area contributed by atoms with Crippen molar-refractivity contribution in [3.63, 3.8) is 0 Å². The minimum atomic E-state index is -1.01. The van der Waals surface area contributed by atoms with Crippen molar-refractivity contribution in [3.05, 3.63) is 75.8 Å². The normalized spacial score (nSPS) is 16.5. The average molecular weight is 537 g/mol. The van der Waals surface area contributed by atoms with E-state index in [1.807, 2.05) is 0 Å². The summed E-state index contributed by atoms with van der Waals surface area (Å²) in [7, 11) is 2.78. The SMILES string of the molecule is CCCCOc1cccc(C2/C(=C(\O)c3ccc(OC)cc3)C(=O)C(=O)N2c2nc(C)c(C(=O)OC)s2)c1. The first kappa shape index (κ1) is 26.9. The van der Waals surface area contributed by atoms with Gasteiger partial charge in [-0.1, -0.05) is 36.8 Å². The van der Waals surface area contributed by atoms with E-state index in [4.69, 9.17) is 14.2 Å². The number of ketones is 1. The van der Waals surface area contributed by atoms with Crippen molar-refractivity contribution in [2.45, 2.75) is 32.7 Å². The Bertz CT molecular complexity index is 1390. The van der Waals surface area contributed by atoms with Crippen molar-refractivity contribution in [2.24, 2.45) is 0 Å². The highest BCUT2D eigenvalue weighted by Crippen LogP contribution is 2.44. The quantitative estimate of drug-likeness (QED) is 0.133. The second kappa shape index (κ2) is 11.5. The van der Waals surface area contributed by atoms with Gasteiger partial charge in [0.25, 0.3) is 5.78 Å². The number of ether oxygens (including phenoxy) is 3. The maximum Gasteiger partial charge on any atom is 0.350 e. The summed E-state index contributed by atoms with van der Waals surface area (Å²) in [5.41, 5.74) is 1.15. The van der Waals surface area contributed by atoms with Crippen LogP contribution in [0.15, 0.2) is 54.1 Å². The van der Waals surface area contributed by atoms with Gasteiger partial charge in [-0.25, -0.2) is 9.78 Å². The molecule has 1 aromatic heterocycles. The van der Waals surface area contributed by atoms with Crippen LogP contribution in [0.2, 0.25) is 0 Å². The first-order chi connectivity index (χ1) is 18.3. The van der Waals surface area contributed by atoms with Crippen LogP contribution in [-0.2, 0) is 14.3 Å². The number of anilines is 1. The van der Waals surface area contributed by atoms with Crippen molar-refractivity contribution in [3.8, 4) is 11.5 Å². The Morgan fingerprint density at radius 3 is 2.50 bits per heavy atom. The van der Waals surface area contributed by atoms with Crippen LogP contribution in [0, 0.1) is 6.92 Å². The molecular weight excluding hydrogens is 508 g/mol. The molecule has 2 heterocycles. The molecule has 1 amide bonds. The smallest absolute Gasteiger partial charge is 0.350 e. The predicted molar refractivity (Wildman–Crippen MR) is 143 cm³/mol. The van der Waals surface area contributed by atoms with Crippen LogP contribution < -0.4 is 14.4 Å². The molecule has 0 bridgehead atoms. The summed E-state index contributed by atoms with van der Waals surface area (Å²) < 4.78 is 15.9. The van der Waals surface area contributed by atoms with Crippen LogP contribution >= 0.6 is 11.3 Å². The Kier molecular flexibility index (Phi) is 8.11. The van der Waals surface area contributed by atoms with E-state index in [0.29, 0.717) is 34.9 Å². The molecule has 9 nitrogen and oxygen atoms in total. The number of aliphatic hydroxyl groups is 1. The molecule has 2 aromatic carbocycles. The molecule has 1 fully saturated rings. The van der Waals surface area contributed by atoms with Gasteiger partial charge >= 0.3 is 11.9 Å². The highest BCUT2D eigenvalue weighted by atomic mass is 32.1. The fraction of sp³-hybridized carbons (Fsp3) is 0.286. The molecule has 0 spiro atoms. The molecule has 10 heteroatoms. The topological polar surface area (TPSA) is 115 Å². The lowest BCUT2D eigenvalue weighted by Crippen LogP contribution is -2.29. The molecule has 3 aromatic rings. The Labute approximate surface area is 224 Å². The summed E-state index contributed by atoms with van der Waals surface area (Å²) in [5.74, 6) is -1.53. The van der Waals surface area contributed by atoms with Crippen molar-refractivity contribution < 1.29 is 33.7 Å². The van der Waals surface area contributed by atoms with Gasteiger partial charge in [0.1, 0.15) is 22.1 Å². The molecule has 38 heavy (non-hydrogen) atoms. The number of unbranched alkanes of at least 4 members (excludes halogenated alkanes) is 1. The number of carbonyl (C=O) groups excluding carboxylic acids is 3. The van der Waals surface area contributed by atoms with Crippen molar-refractivity contribution >= 4 is 39.9 Å². The summed E-state index contributed by atoms with van der Waals surface area (Å²) in [6.45, 7) is 4.20. The third-order valence-corrected chi connectivity index (χ3v) is 7.25. The molecule has 1 N–H and O–H groups in total. The number of aromatic nitrogens is 1. The Morgan fingerprint density at radius 2 is 1.84 bits per heavy atom. The van der Waals surface area contributed by atoms with Crippen LogP contribution in [0.3, 0.4) is 0 Å². The number of carbonyl (C=O) groups is 3. The lowest BCUT2D eigenvalue weighted by atomic mass is 9.95. The number of esters is 1. The number of benzene rings is 2. The maximum absolute atomic E-state index is 13.4. The van der Waals surface area contributed by atoms with Gasteiger partial charge in [-0.05, 0) is 55.3 Å². The number of Topliss-reactive ketones (excluding diaryl/α,β-unsaturated/α-hetero) is 1. The third-order valence-electron chi connectivity index (χ3n) is 6.11. The van der Waals surface area contributed by atoms with E-state index in [0.717, 1.165) is 24.2 Å². The summed E-state index contributed by atoms with van der Waals surface area (Å²) in [6.07, 6.45) is 1.84. The van der Waals surface area contributed by atoms with Crippen molar-refractivity contribution in [2.75, 3.05) is 25.7 Å². The standard InChI is InChI=1S/C28H28N2O7S/c1-5-6-14-37-20-9-7-8-18(15-20)22-21(23(31)17-10-12-19(35-3)13-11-17)24(32)26(33)30(22)28-29-16(2)25(38-28)27(34)36-4/h7-13,15,22,31H,5-6,14H2,1-4H3/b23-21+. The fourth-order valence-electron chi connectivity index (χ4n) is 4.13. The molecule has 1 aliphatic heterocycles. The first-order valence-corrected chi connectivity index (χ1v) is 12.9. The zero-order valence-corrected chi connectivity index (χ0v) is 22.3. The molecule has 1 unspecified atom stereocenters. The average Bonchev–Trinajstić information content (AvgIpc) is 3.44. The minimum absolute atomic E-state index is 0.0988. The van der Waals surface area contributed by atoms with Crippen LogP contribution in [0.1, 0.15) is 52.3 Å². The Hall–Kier alpha value is -4.18. The number of nitrogens with zero attached hydrogens (tertiary/aromatic N) is 2. The van der Waals surface area contributed by atoms with Crippen LogP contribution in [0.4, 0.5) is 5.13 Å². The molecule has 1 atom stereocenters. The molecule has 198 valence electrons. The van der Waals surface area contributed by atoms with E-state index >= 15 is 0 Å². The second-order valence-corrected chi connectivity index (χ2v) is 9.55. The van der Waals surface area contributed by atoms with E-state index in [1.54, 1.807) is 55.5 Å². The molecular formula is C28H28N2O7S. The van der Waals surface area contributed by atoms with Gasteiger partial charge in [0, 0.05) is 5.56 Å². The fourth-order valence-corrected chi connectivity index (χ4v) is 5.14. The minimum Gasteiger partial charge on any atom is -0.507 e. The lowest BCUT2D eigenvalue weighted by Gasteiger charge is -2.23. The number of aryl methyl sites for hydroxylation is 1. The first-order valence-electron chi connectivity index (χ1n) is 12.0. The van der Waals surface area contributed by atoms with Crippen molar-refractivity contribution in [1.29, 1.82) is 0 Å². The van der Waals surface area contributed by atoms with E-state index in [-0.39, 0.29) is 21.3 Å². The molecule has 0 saturated carbocycles. The van der Waals surface area contributed by atoms with Gasteiger partial charge in [0.05, 0.1) is 38.1 Å². The van der Waals surface area contributed by atoms with Crippen molar-refractivity contribution in [1.82, 2.24) is 4.98 Å². The maximum atomic E-state index is 13.4. The van der Waals surface area contributed by atoms with E-state index in [9.17, 15) is 19.5 Å². The largest absolute Gasteiger partial charge is 0.507 e. The molecule has 1 aliphatic rings. The van der Waals surface area contributed by atoms with E-state index < -0.39 is 23.7 Å².